The van der Waals surface area contributed by atoms with E-state index in [1.165, 1.54) is 12.1 Å². The monoisotopic (exact) mass is 568 g/mol. The molecule has 2 atom stereocenters. The molecule has 0 spiro atoms. The third kappa shape index (κ3) is 7.31. The van der Waals surface area contributed by atoms with Gasteiger partial charge < -0.3 is 38.3 Å². The Labute approximate surface area is 241 Å². The van der Waals surface area contributed by atoms with E-state index in [9.17, 15) is 19.7 Å². The van der Waals surface area contributed by atoms with Crippen molar-refractivity contribution in [2.45, 2.75) is 83.9 Å². The Kier molecular flexibility index (Phi) is 9.81. The lowest BCUT2D eigenvalue weighted by Crippen LogP contribution is -2.41. The van der Waals surface area contributed by atoms with Gasteiger partial charge in [0.05, 0.1) is 36.9 Å². The second-order valence-electron chi connectivity index (χ2n) is 11.2. The van der Waals surface area contributed by atoms with Crippen molar-refractivity contribution in [3.05, 3.63) is 47.5 Å². The summed E-state index contributed by atoms with van der Waals surface area (Å²) in [7, 11) is -1.69. The predicted octanol–water partition coefficient (Wildman–Crippen LogP) is 2.81. The lowest BCUT2D eigenvalue weighted by Gasteiger charge is -2.32. The second-order valence-corrected chi connectivity index (χ2v) is 11.2. The van der Waals surface area contributed by atoms with Crippen molar-refractivity contribution >= 4 is 37.4 Å². The van der Waals surface area contributed by atoms with Crippen LogP contribution in [-0.2, 0) is 28.2 Å². The van der Waals surface area contributed by atoms with Crippen LogP contribution in [0.5, 0.6) is 11.5 Å². The third-order valence-corrected chi connectivity index (χ3v) is 7.73. The van der Waals surface area contributed by atoms with E-state index in [1.54, 1.807) is 25.1 Å². The van der Waals surface area contributed by atoms with Gasteiger partial charge in [0.2, 0.25) is 0 Å². The fourth-order valence-corrected chi connectivity index (χ4v) is 4.76. The molecule has 0 aliphatic carbocycles. The van der Waals surface area contributed by atoms with Crippen molar-refractivity contribution in [1.82, 2.24) is 0 Å². The molecule has 220 valence electrons. The van der Waals surface area contributed by atoms with Gasteiger partial charge in [-0.15, -0.1) is 0 Å². The van der Waals surface area contributed by atoms with E-state index in [2.05, 4.69) is 0 Å². The van der Waals surface area contributed by atoms with E-state index in [0.29, 0.717) is 34.4 Å². The van der Waals surface area contributed by atoms with E-state index in [0.717, 1.165) is 32.2 Å². The maximum absolute atomic E-state index is 11.4. The van der Waals surface area contributed by atoms with Crippen molar-refractivity contribution in [1.29, 1.82) is 0 Å². The first-order valence-corrected chi connectivity index (χ1v) is 14.0. The van der Waals surface area contributed by atoms with Gasteiger partial charge in [-0.3, -0.25) is 9.59 Å². The summed E-state index contributed by atoms with van der Waals surface area (Å²) in [4.78, 5) is 22.8. The summed E-state index contributed by atoms with van der Waals surface area (Å²) in [5, 5.41) is 18.9. The Morgan fingerprint density at radius 3 is 2.44 bits per heavy atom. The van der Waals surface area contributed by atoms with E-state index in [4.69, 9.17) is 28.2 Å². The van der Waals surface area contributed by atoms with Crippen molar-refractivity contribution in [2.75, 3.05) is 13.2 Å². The molecule has 2 aromatic rings. The highest BCUT2D eigenvalue weighted by atomic mass is 16.7. The number of hydrogen-bond donors (Lipinski definition) is 2. The number of esters is 1. The number of fused-ring (bicyclic) bond motifs is 1. The van der Waals surface area contributed by atoms with Crippen molar-refractivity contribution in [3.63, 3.8) is 0 Å². The highest BCUT2D eigenvalue weighted by molar-refractivity contribution is 6.63. The smallest absolute Gasteiger partial charge is 0.495 e. The third-order valence-electron chi connectivity index (χ3n) is 7.73. The van der Waals surface area contributed by atoms with Gasteiger partial charge in [0.1, 0.15) is 17.8 Å². The molecule has 2 unspecified atom stereocenters. The number of hydrogen-bond acceptors (Lipinski definition) is 10. The largest absolute Gasteiger partial charge is 0.508 e. The van der Waals surface area contributed by atoms with Crippen molar-refractivity contribution < 1.29 is 47.9 Å². The highest BCUT2D eigenvalue weighted by Crippen LogP contribution is 2.37. The van der Waals surface area contributed by atoms with E-state index in [1.807, 2.05) is 33.8 Å². The molecule has 2 fully saturated rings. The van der Waals surface area contributed by atoms with Gasteiger partial charge in [0, 0.05) is 12.0 Å². The standard InChI is InChI=1S/C18H25BO5.C11H13BO5/c1-17(2)18(3,4)24-19(23-17)15-11-14(9-8-13(15)12-20)22-16-7-5-6-10-21-16;1-2-16-11(14)6-10-8-4-3-7(13)5-9(8)12(15)17-10/h8-9,11-12,16H,5-7,10H2,1-4H3;3-5,10,13,15H,2,6H2,1H3. The summed E-state index contributed by atoms with van der Waals surface area (Å²) in [6, 6.07) is 9.93. The minimum absolute atomic E-state index is 0.0582. The molecule has 3 heterocycles. The number of aldehydes is 1. The summed E-state index contributed by atoms with van der Waals surface area (Å²) in [6.45, 7) is 10.7. The summed E-state index contributed by atoms with van der Waals surface area (Å²) in [5.74, 6) is 0.353. The number of carbonyl (C=O) groups is 2. The molecule has 3 aliphatic heterocycles. The minimum atomic E-state index is -1.10. The van der Waals surface area contributed by atoms with Crippen LogP contribution in [0, 0.1) is 0 Å². The maximum Gasteiger partial charge on any atom is 0.495 e. The van der Waals surface area contributed by atoms with Gasteiger partial charge in [-0.2, -0.15) is 0 Å². The van der Waals surface area contributed by atoms with Gasteiger partial charge in [0.15, 0.2) is 6.29 Å². The SMILES string of the molecule is CC1(C)OB(c2cc(OC3CCCCO3)ccc2C=O)OC1(C)C.CCOC(=O)CC1OB(O)c2cc(O)ccc21. The van der Waals surface area contributed by atoms with Gasteiger partial charge in [0.25, 0.3) is 0 Å². The summed E-state index contributed by atoms with van der Waals surface area (Å²) in [6.07, 6.45) is 3.18. The number of phenolic OH excluding ortho intramolecular Hbond substituents is 1. The van der Waals surface area contributed by atoms with Crippen molar-refractivity contribution in [2.24, 2.45) is 0 Å². The number of aromatic hydroxyl groups is 1. The lowest BCUT2D eigenvalue weighted by molar-refractivity contribution is -0.145. The molecule has 2 N–H and O–H groups in total. The average molecular weight is 568 g/mol. The zero-order valence-corrected chi connectivity index (χ0v) is 24.3. The van der Waals surface area contributed by atoms with Crippen LogP contribution in [0.2, 0.25) is 0 Å². The van der Waals surface area contributed by atoms with Crippen LogP contribution in [0.3, 0.4) is 0 Å². The Hall–Kier alpha value is -2.89. The molecule has 12 heteroatoms. The number of benzene rings is 2. The second kappa shape index (κ2) is 13.0. The molecule has 41 heavy (non-hydrogen) atoms. The number of phenols is 1. The quantitative estimate of drug-likeness (QED) is 0.292. The first-order valence-electron chi connectivity index (χ1n) is 14.0. The van der Waals surface area contributed by atoms with E-state index < -0.39 is 31.5 Å². The molecule has 0 amide bonds. The van der Waals surface area contributed by atoms with Crippen LogP contribution in [0.1, 0.15) is 82.3 Å². The molecule has 2 saturated heterocycles. The normalized spacial score (nSPS) is 22.4. The van der Waals surface area contributed by atoms with E-state index >= 15 is 0 Å². The molecule has 0 bridgehead atoms. The topological polar surface area (TPSA) is 130 Å². The average Bonchev–Trinajstić information content (AvgIpc) is 3.34. The first-order chi connectivity index (χ1) is 19.4. The zero-order valence-electron chi connectivity index (χ0n) is 24.3. The van der Waals surface area contributed by atoms with Crippen LogP contribution < -0.4 is 15.7 Å². The van der Waals surface area contributed by atoms with Gasteiger partial charge >= 0.3 is 20.2 Å². The fourth-order valence-electron chi connectivity index (χ4n) is 4.76. The molecule has 2 aromatic carbocycles. The summed E-state index contributed by atoms with van der Waals surface area (Å²) in [5.41, 5.74) is 1.53. The first kappa shape index (κ1) is 31.1. The lowest BCUT2D eigenvalue weighted by atomic mass is 9.76. The Morgan fingerprint density at radius 2 is 1.80 bits per heavy atom. The molecule has 0 radical (unpaired) electrons. The molecular weight excluding hydrogens is 530 g/mol. The molecular formula is C29H38B2O10. The molecule has 3 aliphatic rings. The van der Waals surface area contributed by atoms with Crippen LogP contribution in [0.4, 0.5) is 0 Å². The summed E-state index contributed by atoms with van der Waals surface area (Å²) >= 11 is 0. The Morgan fingerprint density at radius 1 is 1.07 bits per heavy atom. The highest BCUT2D eigenvalue weighted by Gasteiger charge is 2.52. The number of carbonyl (C=O) groups excluding carboxylic acids is 2. The Bertz CT molecular complexity index is 1210. The number of ether oxygens (including phenoxy) is 3. The minimum Gasteiger partial charge on any atom is -0.508 e. The Balaban J connectivity index is 0.000000201. The van der Waals surface area contributed by atoms with E-state index in [-0.39, 0.29) is 24.4 Å². The van der Waals surface area contributed by atoms with Crippen LogP contribution in [0.25, 0.3) is 0 Å². The number of rotatable bonds is 7. The molecule has 5 rings (SSSR count). The van der Waals surface area contributed by atoms with Gasteiger partial charge in [-0.25, -0.2) is 0 Å². The fraction of sp³-hybridized carbons (Fsp3) is 0.517. The van der Waals surface area contributed by atoms with Crippen LogP contribution in [-0.4, -0.2) is 67.3 Å². The van der Waals surface area contributed by atoms with Crippen LogP contribution in [0.15, 0.2) is 36.4 Å². The van der Waals surface area contributed by atoms with Gasteiger partial charge in [-0.1, -0.05) is 6.07 Å². The van der Waals surface area contributed by atoms with Crippen LogP contribution >= 0.6 is 0 Å². The molecule has 0 saturated carbocycles. The molecule has 0 aromatic heterocycles. The zero-order chi connectivity index (χ0) is 29.8. The van der Waals surface area contributed by atoms with Crippen molar-refractivity contribution in [3.8, 4) is 11.5 Å². The maximum atomic E-state index is 11.4. The molecule has 10 nitrogen and oxygen atoms in total. The predicted molar refractivity (Wildman–Crippen MR) is 153 cm³/mol. The van der Waals surface area contributed by atoms with Gasteiger partial charge in [-0.05, 0) is 94.3 Å². The summed E-state index contributed by atoms with van der Waals surface area (Å²) < 4.78 is 33.7.